The number of rotatable bonds is 7. The number of nitrogens with two attached hydrogens (primary N) is 1. The molecule has 1 fully saturated rings. The van der Waals surface area contributed by atoms with E-state index in [1.165, 1.54) is 18.1 Å². The molecule has 40 heavy (non-hydrogen) atoms. The maximum absolute atomic E-state index is 12.9. The second kappa shape index (κ2) is 10.6. The predicted octanol–water partition coefficient (Wildman–Crippen LogP) is 6.02. The summed E-state index contributed by atoms with van der Waals surface area (Å²) in [4.78, 5) is 25.0. The van der Waals surface area contributed by atoms with Crippen molar-refractivity contribution in [2.24, 2.45) is 0 Å². The molecule has 1 heterocycles. The van der Waals surface area contributed by atoms with Crippen LogP contribution in [0.2, 0.25) is 0 Å². The molecule has 1 aliphatic carbocycles. The number of carbonyl (C=O) groups is 2. The molecule has 5 rings (SSSR count). The van der Waals surface area contributed by atoms with Crippen LogP contribution in [0.1, 0.15) is 67.6 Å². The van der Waals surface area contributed by atoms with Crippen molar-refractivity contribution in [1.29, 1.82) is 0 Å². The summed E-state index contributed by atoms with van der Waals surface area (Å²) >= 11 is 0. The number of hydrogen-bond donors (Lipinski definition) is 2. The van der Waals surface area contributed by atoms with Gasteiger partial charge in [0, 0.05) is 23.7 Å². The van der Waals surface area contributed by atoms with Crippen LogP contribution in [-0.4, -0.2) is 43.3 Å². The highest BCUT2D eigenvalue weighted by atomic mass is 16.7. The topological polar surface area (TPSA) is 99.9 Å². The van der Waals surface area contributed by atoms with E-state index in [1.54, 1.807) is 12.1 Å². The molecule has 0 unspecified atom stereocenters. The Bertz CT molecular complexity index is 1430. The highest BCUT2D eigenvalue weighted by Gasteiger charge is 2.52. The zero-order valence-corrected chi connectivity index (χ0v) is 23.6. The minimum Gasteiger partial charge on any atom is -0.449 e. The van der Waals surface area contributed by atoms with Crippen molar-refractivity contribution in [1.82, 2.24) is 5.32 Å². The molecule has 3 aromatic carbocycles. The van der Waals surface area contributed by atoms with Gasteiger partial charge in [0.25, 0.3) is 0 Å². The number of anilines is 1. The molecule has 7 nitrogen and oxygen atoms in total. The fraction of sp³-hybridized carbons (Fsp3) is 0.312. The van der Waals surface area contributed by atoms with Crippen molar-refractivity contribution in [3.05, 3.63) is 94.5 Å². The van der Waals surface area contributed by atoms with Crippen LogP contribution in [0.5, 0.6) is 0 Å². The molecule has 0 spiro atoms. The number of carbonyl (C=O) groups excluding carboxylic acids is 2. The standard InChI is InChI=1S/C32H35BN2O5/c1-20(36)27-17-21(14-15-29(27)34)16-22(33-39-31(2,3)32(4,5)40-33)18-35-30(37)38-19-28-25-12-8-6-10-23(25)24-11-7-9-13-26(24)28/h6-17,28H,18-19,34H2,1-5H3,(H,35,37). The highest BCUT2D eigenvalue weighted by Crippen LogP contribution is 2.44. The quantitative estimate of drug-likeness (QED) is 0.217. The number of benzene rings is 3. The van der Waals surface area contributed by atoms with Crippen LogP contribution in [0.15, 0.2) is 72.2 Å². The number of ketones is 1. The smallest absolute Gasteiger partial charge is 0.449 e. The Morgan fingerprint density at radius 2 is 1.52 bits per heavy atom. The lowest BCUT2D eigenvalue weighted by molar-refractivity contribution is 0.00578. The molecule has 3 N–H and O–H groups in total. The van der Waals surface area contributed by atoms with E-state index in [0.717, 1.165) is 16.7 Å². The third-order valence-corrected chi connectivity index (χ3v) is 8.15. The molecule has 8 heteroatoms. The summed E-state index contributed by atoms with van der Waals surface area (Å²) in [6.07, 6.45) is 1.32. The van der Waals surface area contributed by atoms with E-state index in [9.17, 15) is 9.59 Å². The molecule has 3 aromatic rings. The van der Waals surface area contributed by atoms with Gasteiger partial charge in [-0.2, -0.15) is 0 Å². The lowest BCUT2D eigenvalue weighted by Gasteiger charge is -2.32. The number of amides is 1. The van der Waals surface area contributed by atoms with Gasteiger partial charge >= 0.3 is 13.2 Å². The minimum atomic E-state index is -0.697. The zero-order chi connectivity index (χ0) is 28.7. The summed E-state index contributed by atoms with van der Waals surface area (Å²) in [5.74, 6) is -0.155. The molecule has 1 aliphatic heterocycles. The van der Waals surface area contributed by atoms with E-state index < -0.39 is 24.4 Å². The molecule has 1 saturated heterocycles. The molecule has 206 valence electrons. The first-order valence-electron chi connectivity index (χ1n) is 13.5. The number of hydrogen-bond acceptors (Lipinski definition) is 6. The van der Waals surface area contributed by atoms with Gasteiger partial charge < -0.3 is 25.1 Å². The number of nitrogens with one attached hydrogen (secondary N) is 1. The fourth-order valence-corrected chi connectivity index (χ4v) is 5.20. The van der Waals surface area contributed by atoms with E-state index >= 15 is 0 Å². The van der Waals surface area contributed by atoms with Crippen LogP contribution in [-0.2, 0) is 14.0 Å². The Labute approximate surface area is 235 Å². The largest absolute Gasteiger partial charge is 0.492 e. The predicted molar refractivity (Wildman–Crippen MR) is 158 cm³/mol. The Hall–Kier alpha value is -3.88. The second-order valence-corrected chi connectivity index (χ2v) is 11.4. The normalized spacial score (nSPS) is 17.3. The van der Waals surface area contributed by atoms with Gasteiger partial charge in [-0.3, -0.25) is 4.79 Å². The number of ether oxygens (including phenoxy) is 1. The van der Waals surface area contributed by atoms with E-state index in [0.29, 0.717) is 16.7 Å². The molecule has 0 atom stereocenters. The number of alkyl carbamates (subject to hydrolysis) is 1. The van der Waals surface area contributed by atoms with Crippen molar-refractivity contribution in [3.63, 3.8) is 0 Å². The van der Waals surface area contributed by atoms with Crippen molar-refractivity contribution in [2.45, 2.75) is 51.7 Å². The molecule has 2 aliphatic rings. The van der Waals surface area contributed by atoms with Gasteiger partial charge in [-0.1, -0.05) is 60.7 Å². The van der Waals surface area contributed by atoms with Gasteiger partial charge in [-0.25, -0.2) is 4.79 Å². The molecule has 1 amide bonds. The molecule has 0 bridgehead atoms. The lowest BCUT2D eigenvalue weighted by Crippen LogP contribution is -2.41. The summed E-state index contributed by atoms with van der Waals surface area (Å²) in [6.45, 7) is 9.72. The molecular weight excluding hydrogens is 503 g/mol. The van der Waals surface area contributed by atoms with E-state index in [-0.39, 0.29) is 24.9 Å². The summed E-state index contributed by atoms with van der Waals surface area (Å²) in [6, 6.07) is 21.7. The average molecular weight is 538 g/mol. The van der Waals surface area contributed by atoms with Gasteiger partial charge in [0.2, 0.25) is 0 Å². The zero-order valence-electron chi connectivity index (χ0n) is 23.6. The third-order valence-electron chi connectivity index (χ3n) is 8.15. The highest BCUT2D eigenvalue weighted by molar-refractivity contribution is 6.56. The van der Waals surface area contributed by atoms with Crippen molar-refractivity contribution in [2.75, 3.05) is 18.9 Å². The van der Waals surface area contributed by atoms with E-state index in [2.05, 4.69) is 29.6 Å². The van der Waals surface area contributed by atoms with Crippen LogP contribution in [0, 0.1) is 0 Å². The Morgan fingerprint density at radius 3 is 2.10 bits per heavy atom. The maximum atomic E-state index is 12.9. The molecule has 0 aromatic heterocycles. The second-order valence-electron chi connectivity index (χ2n) is 11.4. The van der Waals surface area contributed by atoms with Crippen LogP contribution in [0.3, 0.4) is 0 Å². The van der Waals surface area contributed by atoms with Gasteiger partial charge in [0.05, 0.1) is 11.2 Å². The first-order valence-corrected chi connectivity index (χ1v) is 13.5. The van der Waals surface area contributed by atoms with E-state index in [4.69, 9.17) is 19.8 Å². The van der Waals surface area contributed by atoms with Gasteiger partial charge in [-0.05, 0) is 80.0 Å². The number of Topliss-reactive ketones (excluding diaryl/α,β-unsaturated/α-hetero) is 1. The first kappa shape index (κ1) is 27.7. The monoisotopic (exact) mass is 538 g/mol. The molecule has 0 saturated carbocycles. The van der Waals surface area contributed by atoms with Crippen LogP contribution in [0.4, 0.5) is 10.5 Å². The lowest BCUT2D eigenvalue weighted by atomic mass is 9.77. The first-order chi connectivity index (χ1) is 19.0. The Balaban J connectivity index is 1.33. The fourth-order valence-electron chi connectivity index (χ4n) is 5.20. The van der Waals surface area contributed by atoms with Crippen molar-refractivity contribution in [3.8, 4) is 11.1 Å². The van der Waals surface area contributed by atoms with Gasteiger partial charge in [0.1, 0.15) is 6.61 Å². The van der Waals surface area contributed by atoms with E-state index in [1.807, 2.05) is 64.1 Å². The van der Waals surface area contributed by atoms with Crippen LogP contribution >= 0.6 is 0 Å². The van der Waals surface area contributed by atoms with Crippen molar-refractivity contribution < 1.29 is 23.6 Å². The third kappa shape index (κ3) is 5.29. The Kier molecular flexibility index (Phi) is 7.33. The van der Waals surface area contributed by atoms with Gasteiger partial charge in [-0.15, -0.1) is 0 Å². The van der Waals surface area contributed by atoms with Gasteiger partial charge in [0.15, 0.2) is 5.78 Å². The maximum Gasteiger partial charge on any atom is 0.492 e. The summed E-state index contributed by atoms with van der Waals surface area (Å²) < 4.78 is 18.3. The minimum absolute atomic E-state index is 0.0314. The summed E-state index contributed by atoms with van der Waals surface area (Å²) in [5, 5.41) is 2.87. The Morgan fingerprint density at radius 1 is 0.950 bits per heavy atom. The number of fused-ring (bicyclic) bond motifs is 3. The van der Waals surface area contributed by atoms with Crippen molar-refractivity contribution >= 4 is 30.8 Å². The SMILES string of the molecule is CC(=O)c1cc(C=C(CNC(=O)OCC2c3ccccc3-c3ccccc32)B2OC(C)(C)C(C)(C)O2)ccc1N. The average Bonchev–Trinajstić information content (AvgIpc) is 3.35. The summed E-state index contributed by atoms with van der Waals surface area (Å²) in [5.41, 5.74) is 11.8. The molecule has 0 radical (unpaired) electrons. The van der Waals surface area contributed by atoms with Crippen LogP contribution < -0.4 is 11.1 Å². The van der Waals surface area contributed by atoms with Crippen LogP contribution in [0.25, 0.3) is 17.2 Å². The summed E-state index contributed by atoms with van der Waals surface area (Å²) in [7, 11) is -0.697. The molecular formula is C32H35BN2O5. The number of nitrogen functional groups attached to an aromatic ring is 1.